The van der Waals surface area contributed by atoms with Crippen molar-refractivity contribution in [2.75, 3.05) is 6.26 Å². The number of aromatic nitrogens is 2. The number of sulfone groups is 1. The highest BCUT2D eigenvalue weighted by Gasteiger charge is 2.11. The van der Waals surface area contributed by atoms with E-state index in [0.29, 0.717) is 17.3 Å². The Hall–Kier alpha value is -1.95. The van der Waals surface area contributed by atoms with Gasteiger partial charge in [0.15, 0.2) is 15.7 Å². The van der Waals surface area contributed by atoms with E-state index in [4.69, 9.17) is 4.52 Å². The van der Waals surface area contributed by atoms with Crippen LogP contribution >= 0.6 is 0 Å². The molecule has 5 nitrogen and oxygen atoms in total. The van der Waals surface area contributed by atoms with Crippen molar-refractivity contribution in [1.29, 1.82) is 0 Å². The molecule has 2 rings (SSSR count). The first-order chi connectivity index (χ1) is 8.38. The second-order valence-electron chi connectivity index (χ2n) is 3.92. The molecular formula is C12H12N2O3S. The van der Waals surface area contributed by atoms with E-state index in [2.05, 4.69) is 16.7 Å². The van der Waals surface area contributed by atoms with Gasteiger partial charge in [0.05, 0.1) is 4.90 Å². The number of hydrogen-bond acceptors (Lipinski definition) is 5. The van der Waals surface area contributed by atoms with Crippen LogP contribution in [0, 0.1) is 6.92 Å². The number of aryl methyl sites for hydroxylation is 1. The first-order valence-electron chi connectivity index (χ1n) is 5.18. The molecule has 0 aliphatic carbocycles. The first kappa shape index (κ1) is 12.5. The van der Waals surface area contributed by atoms with E-state index >= 15 is 0 Å². The summed E-state index contributed by atoms with van der Waals surface area (Å²) in [5.41, 5.74) is 1.31. The molecule has 0 aliphatic rings. The summed E-state index contributed by atoms with van der Waals surface area (Å²) in [4.78, 5) is 4.33. The number of nitrogens with zero attached hydrogens (tertiary/aromatic N) is 2. The third-order valence-electron chi connectivity index (χ3n) is 2.42. The quantitative estimate of drug-likeness (QED) is 0.845. The van der Waals surface area contributed by atoms with Gasteiger partial charge in [0.25, 0.3) is 5.89 Å². The summed E-state index contributed by atoms with van der Waals surface area (Å²) in [6.45, 7) is 5.57. The Labute approximate surface area is 105 Å². The molecule has 0 radical (unpaired) electrons. The zero-order valence-corrected chi connectivity index (χ0v) is 10.9. The first-order valence-corrected chi connectivity index (χ1v) is 7.07. The predicted octanol–water partition coefficient (Wildman–Crippen LogP) is 1.84. The highest BCUT2D eigenvalue weighted by atomic mass is 32.2. The highest BCUT2D eigenvalue weighted by molar-refractivity contribution is 7.90. The third-order valence-corrected chi connectivity index (χ3v) is 3.55. The fourth-order valence-corrected chi connectivity index (χ4v) is 2.08. The fraction of sp³-hybridized carbons (Fsp3) is 0.167. The summed E-state index contributed by atoms with van der Waals surface area (Å²) in [5.74, 6) is 0.860. The molecule has 1 aromatic carbocycles. The smallest absolute Gasteiger partial charge is 0.257 e. The standard InChI is InChI=1S/C12H12N2O3S/c1-8(12-13-9(2)14-17-12)10-4-6-11(7-5-10)18(3,15)16/h4-7H,1H2,2-3H3. The van der Waals surface area contributed by atoms with Gasteiger partial charge in [-0.3, -0.25) is 0 Å². The van der Waals surface area contributed by atoms with Gasteiger partial charge in [-0.1, -0.05) is 23.9 Å². The summed E-state index contributed by atoms with van der Waals surface area (Å²) < 4.78 is 27.6. The van der Waals surface area contributed by atoms with Crippen molar-refractivity contribution in [3.8, 4) is 0 Å². The van der Waals surface area contributed by atoms with Crippen LogP contribution in [-0.4, -0.2) is 24.8 Å². The summed E-state index contributed by atoms with van der Waals surface area (Å²) in [7, 11) is -3.19. The molecule has 94 valence electrons. The van der Waals surface area contributed by atoms with Gasteiger partial charge in [-0.05, 0) is 24.6 Å². The maximum atomic E-state index is 11.3. The van der Waals surface area contributed by atoms with Crippen molar-refractivity contribution < 1.29 is 12.9 Å². The van der Waals surface area contributed by atoms with Crippen LogP contribution in [0.15, 0.2) is 40.3 Å². The van der Waals surface area contributed by atoms with Gasteiger partial charge in [-0.15, -0.1) is 0 Å². The van der Waals surface area contributed by atoms with Crippen LogP contribution in [0.4, 0.5) is 0 Å². The van der Waals surface area contributed by atoms with E-state index in [1.54, 1.807) is 19.1 Å². The van der Waals surface area contributed by atoms with Crippen LogP contribution < -0.4 is 0 Å². The molecule has 0 amide bonds. The van der Waals surface area contributed by atoms with E-state index in [1.807, 2.05) is 0 Å². The van der Waals surface area contributed by atoms with Crippen LogP contribution in [0.1, 0.15) is 17.3 Å². The molecule has 0 spiro atoms. The molecule has 0 saturated heterocycles. The van der Waals surface area contributed by atoms with E-state index in [9.17, 15) is 8.42 Å². The van der Waals surface area contributed by atoms with Gasteiger partial charge >= 0.3 is 0 Å². The summed E-state index contributed by atoms with van der Waals surface area (Å²) in [6.07, 6.45) is 1.16. The average molecular weight is 264 g/mol. The molecule has 0 aliphatic heterocycles. The lowest BCUT2D eigenvalue weighted by Gasteiger charge is -2.02. The van der Waals surface area contributed by atoms with Crippen LogP contribution in [0.5, 0.6) is 0 Å². The van der Waals surface area contributed by atoms with Gasteiger partial charge in [0, 0.05) is 11.8 Å². The average Bonchev–Trinajstić information content (AvgIpc) is 2.74. The molecule has 0 fully saturated rings. The van der Waals surface area contributed by atoms with Crippen molar-refractivity contribution in [1.82, 2.24) is 10.1 Å². The number of benzene rings is 1. The molecule has 2 aromatic rings. The zero-order valence-electron chi connectivity index (χ0n) is 10.0. The van der Waals surface area contributed by atoms with Crippen molar-refractivity contribution in [3.63, 3.8) is 0 Å². The second kappa shape index (κ2) is 4.38. The largest absolute Gasteiger partial charge is 0.334 e. The third kappa shape index (κ3) is 2.48. The monoisotopic (exact) mass is 264 g/mol. The van der Waals surface area contributed by atoms with Crippen molar-refractivity contribution >= 4 is 15.4 Å². The molecule has 18 heavy (non-hydrogen) atoms. The molecule has 6 heteroatoms. The van der Waals surface area contributed by atoms with Crippen LogP contribution in [0.25, 0.3) is 5.57 Å². The Morgan fingerprint density at radius 1 is 1.28 bits per heavy atom. The molecule has 1 heterocycles. The maximum Gasteiger partial charge on any atom is 0.257 e. The van der Waals surface area contributed by atoms with Crippen molar-refractivity contribution in [2.45, 2.75) is 11.8 Å². The van der Waals surface area contributed by atoms with Gasteiger partial charge in [0.2, 0.25) is 0 Å². The fourth-order valence-electron chi connectivity index (χ4n) is 1.45. The van der Waals surface area contributed by atoms with Crippen molar-refractivity contribution in [3.05, 3.63) is 48.1 Å². The Morgan fingerprint density at radius 3 is 2.33 bits per heavy atom. The minimum Gasteiger partial charge on any atom is -0.334 e. The molecule has 0 unspecified atom stereocenters. The SMILES string of the molecule is C=C(c1ccc(S(C)(=O)=O)cc1)c1nc(C)no1. The Morgan fingerprint density at radius 2 is 1.89 bits per heavy atom. The lowest BCUT2D eigenvalue weighted by atomic mass is 10.1. The molecule has 1 aromatic heterocycles. The van der Waals surface area contributed by atoms with Crippen LogP contribution in [0.3, 0.4) is 0 Å². The van der Waals surface area contributed by atoms with E-state index in [0.717, 1.165) is 11.8 Å². The number of hydrogen-bond donors (Lipinski definition) is 0. The Bertz CT molecular complexity index is 684. The minimum atomic E-state index is -3.19. The normalized spacial score (nSPS) is 11.4. The minimum absolute atomic E-state index is 0.265. The van der Waals surface area contributed by atoms with E-state index < -0.39 is 9.84 Å². The molecule has 0 atom stereocenters. The summed E-state index contributed by atoms with van der Waals surface area (Å²) in [6, 6.07) is 6.38. The Kier molecular flexibility index (Phi) is 3.04. The van der Waals surface area contributed by atoms with E-state index in [1.165, 1.54) is 12.1 Å². The zero-order chi connectivity index (χ0) is 13.3. The summed E-state index contributed by atoms with van der Waals surface area (Å²) >= 11 is 0. The highest BCUT2D eigenvalue weighted by Crippen LogP contribution is 2.21. The topological polar surface area (TPSA) is 73.1 Å². The molecule has 0 bridgehead atoms. The van der Waals surface area contributed by atoms with Gasteiger partial charge < -0.3 is 4.52 Å². The predicted molar refractivity (Wildman–Crippen MR) is 66.7 cm³/mol. The van der Waals surface area contributed by atoms with Gasteiger partial charge in [-0.2, -0.15) is 4.98 Å². The molecule has 0 saturated carbocycles. The molecule has 0 N–H and O–H groups in total. The summed E-state index contributed by atoms with van der Waals surface area (Å²) in [5, 5.41) is 3.68. The van der Waals surface area contributed by atoms with Crippen LogP contribution in [-0.2, 0) is 9.84 Å². The lowest BCUT2D eigenvalue weighted by Crippen LogP contribution is -1.97. The van der Waals surface area contributed by atoms with Crippen LogP contribution in [0.2, 0.25) is 0 Å². The molecular weight excluding hydrogens is 252 g/mol. The second-order valence-corrected chi connectivity index (χ2v) is 5.94. The Balaban J connectivity index is 2.33. The van der Waals surface area contributed by atoms with E-state index in [-0.39, 0.29) is 4.90 Å². The number of rotatable bonds is 3. The van der Waals surface area contributed by atoms with Crippen molar-refractivity contribution in [2.24, 2.45) is 0 Å². The maximum absolute atomic E-state index is 11.3. The van der Waals surface area contributed by atoms with Gasteiger partial charge in [0.1, 0.15) is 0 Å². The lowest BCUT2D eigenvalue weighted by molar-refractivity contribution is 0.403. The van der Waals surface area contributed by atoms with Gasteiger partial charge in [-0.25, -0.2) is 8.42 Å².